The summed E-state index contributed by atoms with van der Waals surface area (Å²) >= 11 is 3.02. The molecule has 1 aromatic rings. The van der Waals surface area contributed by atoms with Crippen molar-refractivity contribution < 1.29 is 4.79 Å². The van der Waals surface area contributed by atoms with E-state index in [1.807, 2.05) is 0 Å². The number of carbonyl (C=O) groups excluding carboxylic acids is 1. The summed E-state index contributed by atoms with van der Waals surface area (Å²) in [4.78, 5) is 12.3. The minimum Gasteiger partial charge on any atom is -0.360 e. The van der Waals surface area contributed by atoms with Crippen molar-refractivity contribution in [2.24, 2.45) is 17.8 Å². The highest BCUT2D eigenvalue weighted by molar-refractivity contribution is 8.01. The fraction of sp³-hybridized carbons (Fsp3) is 0.842. The highest BCUT2D eigenvalue weighted by Gasteiger charge is 2.28. The lowest BCUT2D eigenvalue weighted by molar-refractivity contribution is -0.119. The molecule has 1 aliphatic carbocycles. The molecule has 1 heterocycles. The maximum absolute atomic E-state index is 12.3. The summed E-state index contributed by atoms with van der Waals surface area (Å²) in [5.41, 5.74) is 0. The van der Waals surface area contributed by atoms with E-state index >= 15 is 0 Å². The predicted molar refractivity (Wildman–Crippen MR) is 112 cm³/mol. The Balaban J connectivity index is 1.66. The van der Waals surface area contributed by atoms with Gasteiger partial charge in [-0.15, -0.1) is 10.2 Å². The van der Waals surface area contributed by atoms with Crippen LogP contribution in [0.2, 0.25) is 0 Å². The van der Waals surface area contributed by atoms with E-state index in [-0.39, 0.29) is 5.91 Å². The van der Waals surface area contributed by atoms with Crippen LogP contribution >= 0.6 is 23.1 Å². The van der Waals surface area contributed by atoms with Crippen LogP contribution in [0, 0.1) is 17.8 Å². The second kappa shape index (κ2) is 11.1. The third-order valence-corrected chi connectivity index (χ3v) is 7.65. The highest BCUT2D eigenvalue weighted by Crippen LogP contribution is 2.30. The molecule has 0 bridgehead atoms. The second-order valence-electron chi connectivity index (χ2n) is 7.69. The van der Waals surface area contributed by atoms with Crippen molar-refractivity contribution in [3.8, 4) is 0 Å². The van der Waals surface area contributed by atoms with E-state index in [0.717, 1.165) is 34.8 Å². The summed E-state index contributed by atoms with van der Waals surface area (Å²) in [6.45, 7) is 10.0. The SMILES string of the molecule is CC[C@H](C)CCCNc1nnc(SCC(=O)N[C@H]2CCC[C@H](C)[C@@H]2C)s1. The van der Waals surface area contributed by atoms with Crippen LogP contribution in [0.3, 0.4) is 0 Å². The first-order valence-electron chi connectivity index (χ1n) is 9.99. The molecule has 2 N–H and O–H groups in total. The molecule has 0 unspecified atom stereocenters. The lowest BCUT2D eigenvalue weighted by Crippen LogP contribution is -2.44. The Bertz CT molecular complexity index is 551. The Morgan fingerprint density at radius 1 is 1.35 bits per heavy atom. The summed E-state index contributed by atoms with van der Waals surface area (Å²) < 4.78 is 0.856. The molecule has 1 fully saturated rings. The van der Waals surface area contributed by atoms with Crippen molar-refractivity contribution in [1.29, 1.82) is 0 Å². The maximum atomic E-state index is 12.3. The number of hydrogen-bond donors (Lipinski definition) is 2. The molecule has 1 aliphatic rings. The van der Waals surface area contributed by atoms with E-state index in [1.165, 1.54) is 48.8 Å². The van der Waals surface area contributed by atoms with Gasteiger partial charge in [0.25, 0.3) is 0 Å². The Morgan fingerprint density at radius 3 is 2.92 bits per heavy atom. The topological polar surface area (TPSA) is 66.9 Å². The lowest BCUT2D eigenvalue weighted by Gasteiger charge is -2.34. The van der Waals surface area contributed by atoms with Gasteiger partial charge in [0.1, 0.15) is 0 Å². The van der Waals surface area contributed by atoms with Crippen molar-refractivity contribution in [3.63, 3.8) is 0 Å². The number of nitrogens with zero attached hydrogens (tertiary/aromatic N) is 2. The van der Waals surface area contributed by atoms with Gasteiger partial charge in [-0.25, -0.2) is 0 Å². The van der Waals surface area contributed by atoms with Gasteiger partial charge in [0.2, 0.25) is 11.0 Å². The minimum absolute atomic E-state index is 0.110. The molecule has 0 aromatic carbocycles. The highest BCUT2D eigenvalue weighted by atomic mass is 32.2. The van der Waals surface area contributed by atoms with E-state index in [1.54, 1.807) is 0 Å². The smallest absolute Gasteiger partial charge is 0.230 e. The van der Waals surface area contributed by atoms with Gasteiger partial charge in [0, 0.05) is 12.6 Å². The summed E-state index contributed by atoms with van der Waals surface area (Å²) in [6, 6.07) is 0.323. The number of hydrogen-bond acceptors (Lipinski definition) is 6. The zero-order valence-corrected chi connectivity index (χ0v) is 18.2. The molecule has 1 amide bonds. The molecule has 0 saturated heterocycles. The van der Waals surface area contributed by atoms with Crippen LogP contribution in [0.15, 0.2) is 4.34 Å². The number of amides is 1. The number of anilines is 1. The van der Waals surface area contributed by atoms with E-state index in [4.69, 9.17) is 0 Å². The first-order chi connectivity index (χ1) is 12.5. The fourth-order valence-corrected chi connectivity index (χ4v) is 4.94. The lowest BCUT2D eigenvalue weighted by atomic mass is 9.78. The summed E-state index contributed by atoms with van der Waals surface area (Å²) in [5, 5.41) is 15.8. The van der Waals surface area contributed by atoms with Crippen LogP contribution in [0.25, 0.3) is 0 Å². The first kappa shape index (κ1) is 21.5. The summed E-state index contributed by atoms with van der Waals surface area (Å²) in [6.07, 6.45) is 7.22. The Morgan fingerprint density at radius 2 is 2.15 bits per heavy atom. The summed E-state index contributed by atoms with van der Waals surface area (Å²) in [5.74, 6) is 2.56. The fourth-order valence-electron chi connectivity index (χ4n) is 3.35. The van der Waals surface area contributed by atoms with E-state index < -0.39 is 0 Å². The van der Waals surface area contributed by atoms with Crippen LogP contribution in [0.1, 0.15) is 66.2 Å². The van der Waals surface area contributed by atoms with Crippen LogP contribution in [0.5, 0.6) is 0 Å². The van der Waals surface area contributed by atoms with Crippen LogP contribution in [0.4, 0.5) is 5.13 Å². The third-order valence-electron chi connectivity index (χ3n) is 5.63. The van der Waals surface area contributed by atoms with Crippen molar-refractivity contribution in [3.05, 3.63) is 0 Å². The van der Waals surface area contributed by atoms with Gasteiger partial charge in [-0.05, 0) is 37.0 Å². The van der Waals surface area contributed by atoms with Crippen LogP contribution in [-0.4, -0.2) is 34.4 Å². The average molecular weight is 399 g/mol. The molecule has 1 saturated carbocycles. The van der Waals surface area contributed by atoms with Gasteiger partial charge in [-0.2, -0.15) is 0 Å². The van der Waals surface area contributed by atoms with Gasteiger partial charge in [0.15, 0.2) is 4.34 Å². The minimum atomic E-state index is 0.110. The van der Waals surface area contributed by atoms with Gasteiger partial charge in [-0.1, -0.05) is 70.1 Å². The molecule has 148 valence electrons. The van der Waals surface area contributed by atoms with E-state index in [0.29, 0.717) is 23.6 Å². The van der Waals surface area contributed by atoms with Crippen molar-refractivity contribution in [2.75, 3.05) is 17.6 Å². The van der Waals surface area contributed by atoms with E-state index in [2.05, 4.69) is 48.5 Å². The van der Waals surface area contributed by atoms with Crippen molar-refractivity contribution in [2.45, 2.75) is 76.6 Å². The van der Waals surface area contributed by atoms with E-state index in [9.17, 15) is 4.79 Å². The van der Waals surface area contributed by atoms with Crippen LogP contribution in [-0.2, 0) is 4.79 Å². The quantitative estimate of drug-likeness (QED) is 0.437. The van der Waals surface area contributed by atoms with Gasteiger partial charge < -0.3 is 10.6 Å². The van der Waals surface area contributed by atoms with Crippen LogP contribution < -0.4 is 10.6 Å². The molecule has 5 nitrogen and oxygen atoms in total. The number of rotatable bonds is 10. The molecular formula is C19H34N4OS2. The van der Waals surface area contributed by atoms with Gasteiger partial charge in [0.05, 0.1) is 5.75 Å². The van der Waals surface area contributed by atoms with Gasteiger partial charge >= 0.3 is 0 Å². The Hall–Kier alpha value is -0.820. The van der Waals surface area contributed by atoms with Crippen molar-refractivity contribution in [1.82, 2.24) is 15.5 Å². The molecule has 4 atom stereocenters. The maximum Gasteiger partial charge on any atom is 0.230 e. The largest absolute Gasteiger partial charge is 0.360 e. The molecule has 0 aliphatic heterocycles. The Kier molecular flexibility index (Phi) is 9.19. The molecular weight excluding hydrogens is 364 g/mol. The normalized spacial score (nSPS) is 24.2. The molecule has 0 spiro atoms. The molecule has 26 heavy (non-hydrogen) atoms. The van der Waals surface area contributed by atoms with Gasteiger partial charge in [-0.3, -0.25) is 4.79 Å². The number of carbonyl (C=O) groups is 1. The molecule has 7 heteroatoms. The standard InChI is InChI=1S/C19H34N4OS2/c1-5-13(2)8-7-11-20-18-22-23-19(26-18)25-12-17(24)21-16-10-6-9-14(3)15(16)4/h13-16H,5-12H2,1-4H3,(H,20,22)(H,21,24)/t13-,14-,15-,16-/m0/s1. The zero-order chi connectivity index (χ0) is 18.9. The average Bonchev–Trinajstić information content (AvgIpc) is 3.08. The molecule has 0 radical (unpaired) electrons. The molecule has 2 rings (SSSR count). The number of thioether (sulfide) groups is 1. The summed E-state index contributed by atoms with van der Waals surface area (Å²) in [7, 11) is 0. The first-order valence-corrected chi connectivity index (χ1v) is 11.8. The number of nitrogens with one attached hydrogen (secondary N) is 2. The number of aromatic nitrogens is 2. The second-order valence-corrected chi connectivity index (χ2v) is 9.89. The molecule has 1 aromatic heterocycles. The zero-order valence-electron chi connectivity index (χ0n) is 16.6. The Labute approximate surface area is 166 Å². The predicted octanol–water partition coefficient (Wildman–Crippen LogP) is 4.81. The van der Waals surface area contributed by atoms with Crippen molar-refractivity contribution >= 4 is 34.1 Å². The monoisotopic (exact) mass is 398 g/mol. The third kappa shape index (κ3) is 7.06.